The number of carbonyl (C=O) groups excluding carboxylic acids is 2. The smallest absolute Gasteiger partial charge is 0.265 e. The summed E-state index contributed by atoms with van der Waals surface area (Å²) in [5.74, 6) is 0.0164. The molecule has 0 N–H and O–H groups in total. The number of benzene rings is 3. The van der Waals surface area contributed by atoms with Crippen LogP contribution >= 0.6 is 15.9 Å². The van der Waals surface area contributed by atoms with Crippen LogP contribution in [0.2, 0.25) is 0 Å². The van der Waals surface area contributed by atoms with E-state index in [1.54, 1.807) is 36.4 Å². The molecule has 0 spiro atoms. The molecule has 3 aromatic carbocycles. The van der Waals surface area contributed by atoms with Crippen molar-refractivity contribution in [3.8, 4) is 5.75 Å². The Labute approximate surface area is 177 Å². The monoisotopic (exact) mass is 447 g/mol. The van der Waals surface area contributed by atoms with Crippen molar-refractivity contribution in [1.29, 1.82) is 0 Å². The molecule has 0 atom stereocenters. The molecule has 0 bridgehead atoms. The van der Waals surface area contributed by atoms with Crippen LogP contribution in [0.1, 0.15) is 28.4 Å². The summed E-state index contributed by atoms with van der Waals surface area (Å²) in [6, 6.07) is 21.9. The molecule has 0 aromatic heterocycles. The van der Waals surface area contributed by atoms with Gasteiger partial charge in [0, 0.05) is 15.6 Å². The molecule has 0 unspecified atom stereocenters. The lowest BCUT2D eigenvalue weighted by Crippen LogP contribution is -2.41. The number of ether oxygens (including phenoxy) is 1. The number of amides is 2. The highest BCUT2D eigenvalue weighted by Gasteiger charge is 2.35. The molecule has 0 saturated carbocycles. The fourth-order valence-corrected chi connectivity index (χ4v) is 3.57. The van der Waals surface area contributed by atoms with Crippen molar-refractivity contribution in [1.82, 2.24) is 0 Å². The normalized spacial score (nSPS) is 14.8. The molecule has 1 aliphatic rings. The van der Waals surface area contributed by atoms with Crippen LogP contribution in [-0.2, 0) is 4.79 Å². The van der Waals surface area contributed by atoms with E-state index in [4.69, 9.17) is 4.74 Å². The molecule has 1 aliphatic heterocycles. The van der Waals surface area contributed by atoms with E-state index >= 15 is 0 Å². The standard InChI is InChI=1S/C24H18BrNO3/c1-2-29-19-13-11-18(12-14-19)26-23(27)21-6-4-3-5-20(21)22(24(26)28)15-16-7-9-17(25)10-8-16/h3-15H,2H2,1H3. The van der Waals surface area contributed by atoms with Crippen LogP contribution in [0, 0.1) is 0 Å². The second-order valence-corrected chi connectivity index (χ2v) is 7.44. The first-order chi connectivity index (χ1) is 14.1. The summed E-state index contributed by atoms with van der Waals surface area (Å²) in [5, 5.41) is 0. The minimum Gasteiger partial charge on any atom is -0.494 e. The summed E-state index contributed by atoms with van der Waals surface area (Å²) in [4.78, 5) is 27.7. The lowest BCUT2D eigenvalue weighted by atomic mass is 9.91. The number of hydrogen-bond donors (Lipinski definition) is 0. The molecule has 5 heteroatoms. The minimum atomic E-state index is -0.347. The summed E-state index contributed by atoms with van der Waals surface area (Å²) >= 11 is 3.42. The van der Waals surface area contributed by atoms with Gasteiger partial charge in [0.05, 0.1) is 12.3 Å². The Morgan fingerprint density at radius 2 is 1.52 bits per heavy atom. The summed E-state index contributed by atoms with van der Waals surface area (Å²) in [5.41, 5.74) is 3.03. The zero-order valence-electron chi connectivity index (χ0n) is 15.8. The van der Waals surface area contributed by atoms with E-state index in [1.165, 1.54) is 4.90 Å². The fourth-order valence-electron chi connectivity index (χ4n) is 3.31. The molecule has 4 rings (SSSR count). The quantitative estimate of drug-likeness (QED) is 0.387. The van der Waals surface area contributed by atoms with Gasteiger partial charge in [0.25, 0.3) is 11.8 Å². The summed E-state index contributed by atoms with van der Waals surface area (Å²) < 4.78 is 6.42. The Morgan fingerprint density at radius 3 is 2.17 bits per heavy atom. The van der Waals surface area contributed by atoms with Crippen LogP contribution in [0.3, 0.4) is 0 Å². The minimum absolute atomic E-state index is 0.331. The van der Waals surface area contributed by atoms with Crippen molar-refractivity contribution in [2.75, 3.05) is 11.5 Å². The number of carbonyl (C=O) groups is 2. The van der Waals surface area contributed by atoms with Crippen molar-refractivity contribution in [3.05, 3.63) is 94.0 Å². The largest absolute Gasteiger partial charge is 0.494 e. The summed E-state index contributed by atoms with van der Waals surface area (Å²) in [7, 11) is 0. The van der Waals surface area contributed by atoms with E-state index < -0.39 is 0 Å². The predicted molar refractivity (Wildman–Crippen MR) is 118 cm³/mol. The number of anilines is 1. The Bertz CT molecular complexity index is 1100. The Hall–Kier alpha value is -3.18. The number of halogens is 1. The highest BCUT2D eigenvalue weighted by atomic mass is 79.9. The van der Waals surface area contributed by atoms with Gasteiger partial charge in [-0.2, -0.15) is 0 Å². The number of rotatable bonds is 4. The van der Waals surface area contributed by atoms with Gasteiger partial charge in [0.2, 0.25) is 0 Å². The van der Waals surface area contributed by atoms with Gasteiger partial charge in [-0.3, -0.25) is 9.59 Å². The third-order valence-electron chi connectivity index (χ3n) is 4.67. The molecule has 29 heavy (non-hydrogen) atoms. The molecule has 0 aliphatic carbocycles. The average Bonchev–Trinajstić information content (AvgIpc) is 2.74. The van der Waals surface area contributed by atoms with Crippen LogP contribution in [0.25, 0.3) is 11.6 Å². The lowest BCUT2D eigenvalue weighted by molar-refractivity contribution is -0.112. The Kier molecular flexibility index (Phi) is 5.32. The van der Waals surface area contributed by atoms with Gasteiger partial charge in [0.1, 0.15) is 5.75 Å². The van der Waals surface area contributed by atoms with Crippen LogP contribution in [0.5, 0.6) is 5.75 Å². The highest BCUT2D eigenvalue weighted by molar-refractivity contribution is 9.10. The average molecular weight is 448 g/mol. The van der Waals surface area contributed by atoms with Gasteiger partial charge < -0.3 is 4.74 Å². The number of fused-ring (bicyclic) bond motifs is 1. The maximum Gasteiger partial charge on any atom is 0.265 e. The molecule has 0 fully saturated rings. The van der Waals surface area contributed by atoms with Gasteiger partial charge in [-0.05, 0) is 66.6 Å². The van der Waals surface area contributed by atoms with Crippen molar-refractivity contribution < 1.29 is 14.3 Å². The van der Waals surface area contributed by atoms with E-state index in [-0.39, 0.29) is 11.8 Å². The predicted octanol–water partition coefficient (Wildman–Crippen LogP) is 5.58. The molecule has 0 radical (unpaired) electrons. The lowest BCUT2D eigenvalue weighted by Gasteiger charge is -2.28. The number of hydrogen-bond acceptors (Lipinski definition) is 3. The maximum absolute atomic E-state index is 13.4. The highest BCUT2D eigenvalue weighted by Crippen LogP contribution is 2.34. The van der Waals surface area contributed by atoms with Gasteiger partial charge in [-0.15, -0.1) is 0 Å². The second-order valence-electron chi connectivity index (χ2n) is 6.53. The van der Waals surface area contributed by atoms with Crippen molar-refractivity contribution in [3.63, 3.8) is 0 Å². The van der Waals surface area contributed by atoms with E-state index in [0.29, 0.717) is 34.7 Å². The Balaban J connectivity index is 1.81. The third kappa shape index (κ3) is 3.74. The van der Waals surface area contributed by atoms with E-state index in [1.807, 2.05) is 49.4 Å². The fraction of sp³-hybridized carbons (Fsp3) is 0.0833. The van der Waals surface area contributed by atoms with E-state index in [2.05, 4.69) is 15.9 Å². The molecule has 4 nitrogen and oxygen atoms in total. The van der Waals surface area contributed by atoms with E-state index in [9.17, 15) is 9.59 Å². The number of nitrogens with zero attached hydrogens (tertiary/aromatic N) is 1. The van der Waals surface area contributed by atoms with Crippen LogP contribution in [0.15, 0.2) is 77.3 Å². The summed E-state index contributed by atoms with van der Waals surface area (Å²) in [6.07, 6.45) is 1.82. The molecule has 3 aromatic rings. The van der Waals surface area contributed by atoms with Crippen molar-refractivity contribution >= 4 is 45.1 Å². The van der Waals surface area contributed by atoms with Gasteiger partial charge in [-0.1, -0.05) is 46.3 Å². The van der Waals surface area contributed by atoms with Gasteiger partial charge >= 0.3 is 0 Å². The Morgan fingerprint density at radius 1 is 0.862 bits per heavy atom. The molecular weight excluding hydrogens is 430 g/mol. The van der Waals surface area contributed by atoms with E-state index in [0.717, 1.165) is 10.0 Å². The zero-order valence-corrected chi connectivity index (χ0v) is 17.3. The maximum atomic E-state index is 13.4. The van der Waals surface area contributed by atoms with Crippen LogP contribution < -0.4 is 9.64 Å². The van der Waals surface area contributed by atoms with Crippen LogP contribution in [0.4, 0.5) is 5.69 Å². The second kappa shape index (κ2) is 8.05. The van der Waals surface area contributed by atoms with Gasteiger partial charge in [0.15, 0.2) is 0 Å². The number of imide groups is 1. The molecule has 0 saturated heterocycles. The molecular formula is C24H18BrNO3. The van der Waals surface area contributed by atoms with Gasteiger partial charge in [-0.25, -0.2) is 4.90 Å². The zero-order chi connectivity index (χ0) is 20.4. The third-order valence-corrected chi connectivity index (χ3v) is 5.20. The van der Waals surface area contributed by atoms with Crippen molar-refractivity contribution in [2.24, 2.45) is 0 Å². The van der Waals surface area contributed by atoms with Crippen LogP contribution in [-0.4, -0.2) is 18.4 Å². The first kappa shape index (κ1) is 19.2. The first-order valence-corrected chi connectivity index (χ1v) is 10.1. The van der Waals surface area contributed by atoms with Crippen molar-refractivity contribution in [2.45, 2.75) is 6.92 Å². The SMILES string of the molecule is CCOc1ccc(N2C(=O)C(=Cc3ccc(Br)cc3)c3ccccc3C2=O)cc1. The first-order valence-electron chi connectivity index (χ1n) is 9.27. The topological polar surface area (TPSA) is 46.6 Å². The summed E-state index contributed by atoms with van der Waals surface area (Å²) in [6.45, 7) is 2.45. The molecule has 144 valence electrons. The molecule has 1 heterocycles. The molecule has 2 amide bonds.